The van der Waals surface area contributed by atoms with Crippen molar-refractivity contribution in [2.75, 3.05) is 27.4 Å². The number of amides is 1. The predicted octanol–water partition coefficient (Wildman–Crippen LogP) is 3.68. The first kappa shape index (κ1) is 21.9. The van der Waals surface area contributed by atoms with Crippen LogP contribution in [0.3, 0.4) is 0 Å². The summed E-state index contributed by atoms with van der Waals surface area (Å²) in [6, 6.07) is 12.9. The average molecular weight is 437 g/mol. The number of methoxy groups -OCH3 is 2. The van der Waals surface area contributed by atoms with E-state index in [2.05, 4.69) is 4.98 Å². The lowest BCUT2D eigenvalue weighted by atomic mass is 10.1. The van der Waals surface area contributed by atoms with E-state index in [-0.39, 0.29) is 24.1 Å². The summed E-state index contributed by atoms with van der Waals surface area (Å²) >= 11 is 0. The van der Waals surface area contributed by atoms with Gasteiger partial charge in [-0.2, -0.15) is 0 Å². The van der Waals surface area contributed by atoms with Crippen LogP contribution in [-0.2, 0) is 11.3 Å². The summed E-state index contributed by atoms with van der Waals surface area (Å²) in [7, 11) is 3.09. The van der Waals surface area contributed by atoms with E-state index in [1.54, 1.807) is 30.2 Å². The largest absolute Gasteiger partial charge is 0.493 e. The number of aromatic amines is 1. The minimum atomic E-state index is -0.194. The molecule has 7 heteroatoms. The molecule has 32 heavy (non-hydrogen) atoms. The normalized spacial score (nSPS) is 15.7. The maximum absolute atomic E-state index is 13.5. The Labute approximate surface area is 186 Å². The number of ether oxygens (including phenoxy) is 3. The zero-order chi connectivity index (χ0) is 22.7. The summed E-state index contributed by atoms with van der Waals surface area (Å²) in [5.74, 6) is 0.843. The number of H-pyrrole nitrogens is 1. The number of hydrogen-bond acceptors (Lipinski definition) is 5. The van der Waals surface area contributed by atoms with Crippen molar-refractivity contribution in [2.24, 2.45) is 0 Å². The second-order valence-corrected chi connectivity index (χ2v) is 8.10. The summed E-state index contributed by atoms with van der Waals surface area (Å²) in [5.41, 5.74) is 2.67. The molecular formula is C25H28N2O5. The van der Waals surface area contributed by atoms with Crippen LogP contribution < -0.4 is 15.0 Å². The Balaban J connectivity index is 1.67. The number of hydrogen-bond donors (Lipinski definition) is 1. The van der Waals surface area contributed by atoms with E-state index < -0.39 is 0 Å². The van der Waals surface area contributed by atoms with E-state index >= 15 is 0 Å². The fraction of sp³-hybridized carbons (Fsp3) is 0.360. The fourth-order valence-electron chi connectivity index (χ4n) is 4.09. The van der Waals surface area contributed by atoms with Crippen molar-refractivity contribution in [1.82, 2.24) is 9.88 Å². The van der Waals surface area contributed by atoms with Crippen molar-refractivity contribution in [3.8, 4) is 11.5 Å². The van der Waals surface area contributed by atoms with Gasteiger partial charge < -0.3 is 24.1 Å². The highest BCUT2D eigenvalue weighted by atomic mass is 16.5. The minimum absolute atomic E-state index is 0.0405. The third kappa shape index (κ3) is 4.62. The van der Waals surface area contributed by atoms with Crippen LogP contribution in [0.25, 0.3) is 10.9 Å². The molecular weight excluding hydrogens is 408 g/mol. The van der Waals surface area contributed by atoms with Gasteiger partial charge in [0.25, 0.3) is 11.5 Å². The maximum Gasteiger partial charge on any atom is 0.254 e. The van der Waals surface area contributed by atoms with Crippen LogP contribution in [-0.4, -0.2) is 49.3 Å². The molecule has 1 atom stereocenters. The molecule has 7 nitrogen and oxygen atoms in total. The highest BCUT2D eigenvalue weighted by Gasteiger charge is 2.25. The molecule has 4 rings (SSSR count). The van der Waals surface area contributed by atoms with Gasteiger partial charge in [-0.25, -0.2) is 0 Å². The monoisotopic (exact) mass is 436 g/mol. The Hall–Kier alpha value is -3.32. The van der Waals surface area contributed by atoms with Crippen LogP contribution in [0.4, 0.5) is 0 Å². The van der Waals surface area contributed by atoms with Crippen molar-refractivity contribution in [3.63, 3.8) is 0 Å². The lowest BCUT2D eigenvalue weighted by molar-refractivity contribution is 0.0506. The number of pyridine rings is 1. The topological polar surface area (TPSA) is 80.9 Å². The number of rotatable bonds is 7. The third-order valence-electron chi connectivity index (χ3n) is 5.81. The van der Waals surface area contributed by atoms with Crippen molar-refractivity contribution in [1.29, 1.82) is 0 Å². The molecule has 0 radical (unpaired) electrons. The van der Waals surface area contributed by atoms with Gasteiger partial charge in [0.2, 0.25) is 0 Å². The molecule has 1 amide bonds. The number of nitrogens with one attached hydrogen (secondary N) is 1. The molecule has 0 bridgehead atoms. The Kier molecular flexibility index (Phi) is 6.46. The minimum Gasteiger partial charge on any atom is -0.493 e. The smallest absolute Gasteiger partial charge is 0.254 e. The van der Waals surface area contributed by atoms with Crippen LogP contribution in [0, 0.1) is 6.92 Å². The second-order valence-electron chi connectivity index (χ2n) is 8.10. The maximum atomic E-state index is 13.5. The van der Waals surface area contributed by atoms with E-state index in [9.17, 15) is 9.59 Å². The van der Waals surface area contributed by atoms with Crippen molar-refractivity contribution < 1.29 is 19.0 Å². The van der Waals surface area contributed by atoms with Crippen LogP contribution in [0.5, 0.6) is 11.5 Å². The van der Waals surface area contributed by atoms with Crippen LogP contribution >= 0.6 is 0 Å². The molecule has 1 fully saturated rings. The van der Waals surface area contributed by atoms with E-state index in [1.165, 1.54) is 7.11 Å². The molecule has 2 heterocycles. The number of fused-ring (bicyclic) bond motifs is 1. The van der Waals surface area contributed by atoms with Crippen molar-refractivity contribution >= 4 is 16.8 Å². The molecule has 1 N–H and O–H groups in total. The summed E-state index contributed by atoms with van der Waals surface area (Å²) in [5, 5.41) is 0.931. The SMILES string of the molecule is COc1ccc(C(=O)N(Cc2cc3ccc(C)cc3[nH]c2=O)C[C@H]2CCCO2)cc1OC. The third-order valence-corrected chi connectivity index (χ3v) is 5.81. The predicted molar refractivity (Wildman–Crippen MR) is 123 cm³/mol. The quantitative estimate of drug-likeness (QED) is 0.611. The van der Waals surface area contributed by atoms with Gasteiger partial charge >= 0.3 is 0 Å². The van der Waals surface area contributed by atoms with E-state index in [4.69, 9.17) is 14.2 Å². The highest BCUT2D eigenvalue weighted by Crippen LogP contribution is 2.28. The van der Waals surface area contributed by atoms with Gasteiger partial charge in [-0.1, -0.05) is 12.1 Å². The summed E-state index contributed by atoms with van der Waals surface area (Å²) in [4.78, 5) is 30.9. The molecule has 0 saturated carbocycles. The molecule has 0 aliphatic carbocycles. The second kappa shape index (κ2) is 9.44. The van der Waals surface area contributed by atoms with Crippen LogP contribution in [0.2, 0.25) is 0 Å². The van der Waals surface area contributed by atoms with Gasteiger partial charge in [-0.05, 0) is 61.0 Å². The summed E-state index contributed by atoms with van der Waals surface area (Å²) in [6.07, 6.45) is 1.82. The van der Waals surface area contributed by atoms with Gasteiger partial charge in [0.1, 0.15) is 0 Å². The Morgan fingerprint density at radius 2 is 1.94 bits per heavy atom. The van der Waals surface area contributed by atoms with Gasteiger partial charge in [0, 0.05) is 29.8 Å². The first-order valence-corrected chi connectivity index (χ1v) is 10.7. The van der Waals surface area contributed by atoms with E-state index in [1.807, 2.05) is 31.2 Å². The first-order chi connectivity index (χ1) is 15.5. The average Bonchev–Trinajstić information content (AvgIpc) is 3.31. The number of nitrogens with zero attached hydrogens (tertiary/aromatic N) is 1. The molecule has 0 spiro atoms. The fourth-order valence-corrected chi connectivity index (χ4v) is 4.09. The Morgan fingerprint density at radius 3 is 2.66 bits per heavy atom. The highest BCUT2D eigenvalue weighted by molar-refractivity contribution is 5.95. The number of aromatic nitrogens is 1. The van der Waals surface area contributed by atoms with Crippen LogP contribution in [0.15, 0.2) is 47.3 Å². The number of benzene rings is 2. The van der Waals surface area contributed by atoms with Crippen molar-refractivity contribution in [3.05, 3.63) is 69.5 Å². The Morgan fingerprint density at radius 1 is 1.12 bits per heavy atom. The van der Waals surface area contributed by atoms with Gasteiger partial charge in [-0.3, -0.25) is 9.59 Å². The zero-order valence-electron chi connectivity index (χ0n) is 18.6. The molecule has 1 saturated heterocycles. The molecule has 1 aromatic heterocycles. The summed E-state index contributed by atoms with van der Waals surface area (Å²) < 4.78 is 16.4. The number of carbonyl (C=O) groups excluding carboxylic acids is 1. The first-order valence-electron chi connectivity index (χ1n) is 10.7. The molecule has 3 aromatic rings. The zero-order valence-corrected chi connectivity index (χ0v) is 18.6. The number of aryl methyl sites for hydroxylation is 1. The molecule has 168 valence electrons. The van der Waals surface area contributed by atoms with Gasteiger partial charge in [0.05, 0.1) is 26.9 Å². The standard InChI is InChI=1S/C25H28N2O5/c1-16-6-7-17-12-19(24(28)26-21(17)11-16)14-27(15-20-5-4-10-32-20)25(29)18-8-9-22(30-2)23(13-18)31-3/h6-9,11-13,20H,4-5,10,14-15H2,1-3H3,(H,26,28)/t20-/m1/s1. The number of carbonyl (C=O) groups is 1. The van der Waals surface area contributed by atoms with Crippen LogP contribution in [0.1, 0.15) is 34.3 Å². The van der Waals surface area contributed by atoms with Crippen molar-refractivity contribution in [2.45, 2.75) is 32.4 Å². The lowest BCUT2D eigenvalue weighted by Crippen LogP contribution is -2.38. The van der Waals surface area contributed by atoms with Gasteiger partial charge in [0.15, 0.2) is 11.5 Å². The molecule has 1 aliphatic rings. The Bertz CT molecular complexity index is 1180. The van der Waals surface area contributed by atoms with E-state index in [0.29, 0.717) is 35.8 Å². The lowest BCUT2D eigenvalue weighted by Gasteiger charge is -2.26. The van der Waals surface area contributed by atoms with E-state index in [0.717, 1.165) is 29.3 Å². The van der Waals surface area contributed by atoms with Gasteiger partial charge in [-0.15, -0.1) is 0 Å². The summed E-state index contributed by atoms with van der Waals surface area (Å²) in [6.45, 7) is 3.28. The molecule has 0 unspecified atom stereocenters. The molecule has 2 aromatic carbocycles. The molecule has 1 aliphatic heterocycles.